The van der Waals surface area contributed by atoms with Gasteiger partial charge < -0.3 is 5.32 Å². The predicted octanol–water partition coefficient (Wildman–Crippen LogP) is 3.18. The van der Waals surface area contributed by atoms with Crippen LogP contribution in [0.4, 0.5) is 5.82 Å². The van der Waals surface area contributed by atoms with Gasteiger partial charge in [-0.1, -0.05) is 29.8 Å². The van der Waals surface area contributed by atoms with E-state index in [9.17, 15) is 0 Å². The summed E-state index contributed by atoms with van der Waals surface area (Å²) in [6.45, 7) is 4.65. The summed E-state index contributed by atoms with van der Waals surface area (Å²) < 4.78 is 0. The number of benzene rings is 1. The van der Waals surface area contributed by atoms with Crippen LogP contribution in [-0.4, -0.2) is 4.98 Å². The van der Waals surface area contributed by atoms with E-state index in [0.717, 1.165) is 5.56 Å². The second-order valence-corrected chi connectivity index (χ2v) is 4.31. The molecule has 0 aliphatic carbocycles. The molecule has 0 spiro atoms. The van der Waals surface area contributed by atoms with E-state index >= 15 is 0 Å². The first-order valence-electron chi connectivity index (χ1n) is 5.86. The summed E-state index contributed by atoms with van der Waals surface area (Å²) in [5, 5.41) is 12.3. The van der Waals surface area contributed by atoms with E-state index in [0.29, 0.717) is 17.9 Å². The van der Waals surface area contributed by atoms with Crippen molar-refractivity contribution in [1.82, 2.24) is 4.98 Å². The van der Waals surface area contributed by atoms with Gasteiger partial charge in [0.1, 0.15) is 11.9 Å². The van der Waals surface area contributed by atoms with Crippen molar-refractivity contribution in [1.29, 1.82) is 5.26 Å². The van der Waals surface area contributed by atoms with E-state index in [1.165, 1.54) is 11.1 Å². The van der Waals surface area contributed by atoms with Crippen molar-refractivity contribution < 1.29 is 0 Å². The maximum atomic E-state index is 9.11. The Morgan fingerprint density at radius 1 is 1.28 bits per heavy atom. The number of hydrogen-bond acceptors (Lipinski definition) is 3. The van der Waals surface area contributed by atoms with Gasteiger partial charge in [0.25, 0.3) is 0 Å². The molecule has 2 aromatic rings. The average Bonchev–Trinajstić information content (AvgIpc) is 2.36. The van der Waals surface area contributed by atoms with Gasteiger partial charge in [-0.3, -0.25) is 0 Å². The van der Waals surface area contributed by atoms with Crippen LogP contribution in [-0.2, 0) is 6.54 Å². The molecule has 18 heavy (non-hydrogen) atoms. The molecule has 0 aliphatic rings. The molecule has 0 fully saturated rings. The highest BCUT2D eigenvalue weighted by Gasteiger charge is 2.05. The fourth-order valence-electron chi connectivity index (χ4n) is 1.84. The molecule has 1 N–H and O–H groups in total. The summed E-state index contributed by atoms with van der Waals surface area (Å²) in [7, 11) is 0. The minimum absolute atomic E-state index is 0.616. The van der Waals surface area contributed by atoms with Crippen LogP contribution in [0.1, 0.15) is 22.3 Å². The normalized spacial score (nSPS) is 9.83. The molecule has 0 amide bonds. The summed E-state index contributed by atoms with van der Waals surface area (Å²) in [5.74, 6) is 0.652. The summed E-state index contributed by atoms with van der Waals surface area (Å²) >= 11 is 0. The number of nitriles is 1. The third kappa shape index (κ3) is 2.67. The lowest BCUT2D eigenvalue weighted by Crippen LogP contribution is -2.04. The van der Waals surface area contributed by atoms with Gasteiger partial charge in [0.2, 0.25) is 0 Å². The first-order valence-corrected chi connectivity index (χ1v) is 5.86. The van der Waals surface area contributed by atoms with Crippen molar-refractivity contribution in [3.63, 3.8) is 0 Å². The van der Waals surface area contributed by atoms with Gasteiger partial charge >= 0.3 is 0 Å². The van der Waals surface area contributed by atoms with E-state index in [2.05, 4.69) is 41.5 Å². The van der Waals surface area contributed by atoms with E-state index in [1.54, 1.807) is 6.20 Å². The van der Waals surface area contributed by atoms with Crippen LogP contribution in [0.3, 0.4) is 0 Å². The fraction of sp³-hybridized carbons (Fsp3) is 0.200. The molecule has 3 nitrogen and oxygen atoms in total. The maximum absolute atomic E-state index is 9.11. The molecular weight excluding hydrogens is 222 g/mol. The van der Waals surface area contributed by atoms with Crippen molar-refractivity contribution in [2.24, 2.45) is 0 Å². The second-order valence-electron chi connectivity index (χ2n) is 4.31. The van der Waals surface area contributed by atoms with Crippen LogP contribution >= 0.6 is 0 Å². The molecule has 0 unspecified atom stereocenters. The molecule has 0 bridgehead atoms. The SMILES string of the molecule is Cc1cccc(CNc2nccc(C)c2C#N)c1. The topological polar surface area (TPSA) is 48.7 Å². The molecule has 90 valence electrons. The Morgan fingerprint density at radius 3 is 2.83 bits per heavy atom. The maximum Gasteiger partial charge on any atom is 0.144 e. The molecule has 1 aromatic carbocycles. The Hall–Kier alpha value is -2.34. The van der Waals surface area contributed by atoms with E-state index < -0.39 is 0 Å². The molecule has 1 aromatic heterocycles. The first-order chi connectivity index (χ1) is 8.70. The van der Waals surface area contributed by atoms with Gasteiger partial charge in [-0.25, -0.2) is 4.98 Å². The van der Waals surface area contributed by atoms with Crippen LogP contribution in [0, 0.1) is 25.2 Å². The van der Waals surface area contributed by atoms with Crippen molar-refractivity contribution in [3.8, 4) is 6.07 Å². The molecule has 0 saturated heterocycles. The van der Waals surface area contributed by atoms with Gasteiger partial charge in [-0.2, -0.15) is 5.26 Å². The smallest absolute Gasteiger partial charge is 0.144 e. The summed E-state index contributed by atoms with van der Waals surface area (Å²) in [6, 6.07) is 12.3. The van der Waals surface area contributed by atoms with Gasteiger partial charge in [-0.15, -0.1) is 0 Å². The zero-order valence-corrected chi connectivity index (χ0v) is 10.6. The van der Waals surface area contributed by atoms with E-state index in [1.807, 2.05) is 19.1 Å². The summed E-state index contributed by atoms with van der Waals surface area (Å²) in [4.78, 5) is 4.21. The first kappa shape index (κ1) is 12.1. The number of nitrogens with one attached hydrogen (secondary N) is 1. The van der Waals surface area contributed by atoms with Crippen LogP contribution in [0.2, 0.25) is 0 Å². The molecule has 0 saturated carbocycles. The quantitative estimate of drug-likeness (QED) is 0.891. The zero-order chi connectivity index (χ0) is 13.0. The summed E-state index contributed by atoms with van der Waals surface area (Å²) in [6.07, 6.45) is 1.72. The number of pyridine rings is 1. The minimum atomic E-state index is 0.616. The number of anilines is 1. The molecule has 2 rings (SSSR count). The monoisotopic (exact) mass is 237 g/mol. The largest absolute Gasteiger partial charge is 0.365 e. The second kappa shape index (κ2) is 5.33. The minimum Gasteiger partial charge on any atom is -0.365 e. The Bertz CT molecular complexity index is 597. The van der Waals surface area contributed by atoms with Crippen LogP contribution in [0.25, 0.3) is 0 Å². The van der Waals surface area contributed by atoms with Crippen molar-refractivity contribution in [3.05, 3.63) is 58.8 Å². The average molecular weight is 237 g/mol. The lowest BCUT2D eigenvalue weighted by Gasteiger charge is -2.09. The van der Waals surface area contributed by atoms with Gasteiger partial charge in [0, 0.05) is 12.7 Å². The summed E-state index contributed by atoms with van der Waals surface area (Å²) in [5.41, 5.74) is 3.97. The lowest BCUT2D eigenvalue weighted by atomic mass is 10.1. The van der Waals surface area contributed by atoms with Gasteiger partial charge in [0.15, 0.2) is 0 Å². The third-order valence-electron chi connectivity index (χ3n) is 2.81. The van der Waals surface area contributed by atoms with E-state index in [-0.39, 0.29) is 0 Å². The standard InChI is InChI=1S/C15H15N3/c1-11-4-3-5-13(8-11)10-18-15-14(9-16)12(2)6-7-17-15/h3-8H,10H2,1-2H3,(H,17,18). The highest BCUT2D eigenvalue weighted by Crippen LogP contribution is 2.16. The van der Waals surface area contributed by atoms with Crippen LogP contribution < -0.4 is 5.32 Å². The Kier molecular flexibility index (Phi) is 3.59. The lowest BCUT2D eigenvalue weighted by molar-refractivity contribution is 1.09. The molecule has 3 heteroatoms. The van der Waals surface area contributed by atoms with Crippen LogP contribution in [0.5, 0.6) is 0 Å². The molecular formula is C15H15N3. The molecule has 0 radical (unpaired) electrons. The zero-order valence-electron chi connectivity index (χ0n) is 10.6. The van der Waals surface area contributed by atoms with E-state index in [4.69, 9.17) is 5.26 Å². The van der Waals surface area contributed by atoms with Gasteiger partial charge in [-0.05, 0) is 31.0 Å². The number of aryl methyl sites for hydroxylation is 2. The van der Waals surface area contributed by atoms with Crippen molar-refractivity contribution in [2.45, 2.75) is 20.4 Å². The Labute approximate surface area is 107 Å². The highest BCUT2D eigenvalue weighted by atomic mass is 15.0. The highest BCUT2D eigenvalue weighted by molar-refractivity contribution is 5.55. The molecule has 1 heterocycles. The number of hydrogen-bond donors (Lipinski definition) is 1. The Morgan fingerprint density at radius 2 is 2.11 bits per heavy atom. The number of nitrogens with zero attached hydrogens (tertiary/aromatic N) is 2. The third-order valence-corrected chi connectivity index (χ3v) is 2.81. The molecule has 0 atom stereocenters. The number of rotatable bonds is 3. The van der Waals surface area contributed by atoms with Crippen molar-refractivity contribution in [2.75, 3.05) is 5.32 Å². The Balaban J connectivity index is 2.16. The van der Waals surface area contributed by atoms with Crippen LogP contribution in [0.15, 0.2) is 36.5 Å². The van der Waals surface area contributed by atoms with Gasteiger partial charge in [0.05, 0.1) is 5.56 Å². The van der Waals surface area contributed by atoms with Crippen molar-refractivity contribution >= 4 is 5.82 Å². The number of aromatic nitrogens is 1. The predicted molar refractivity (Wildman–Crippen MR) is 72.2 cm³/mol. The molecule has 0 aliphatic heterocycles. The fourth-order valence-corrected chi connectivity index (χ4v) is 1.84.